The molecule has 78 valence electrons. The van der Waals surface area contributed by atoms with Gasteiger partial charge >= 0.3 is 0 Å². The number of nitrogens with two attached hydrogens (primary N) is 1. The first-order chi connectivity index (χ1) is 6.09. The predicted octanol–water partition coefficient (Wildman–Crippen LogP) is 0.360. The Kier molecular flexibility index (Phi) is 4.16. The summed E-state index contributed by atoms with van der Waals surface area (Å²) in [5.74, 6) is 0. The number of likely N-dealkylation sites (tertiary alicyclic amines) is 1. The molecule has 3 heteroatoms. The first-order valence-electron chi connectivity index (χ1n) is 5.24. The van der Waals surface area contributed by atoms with Gasteiger partial charge in [-0.05, 0) is 40.4 Å². The van der Waals surface area contributed by atoms with Gasteiger partial charge in [0, 0.05) is 25.2 Å². The summed E-state index contributed by atoms with van der Waals surface area (Å²) in [6, 6.07) is 1.04. The molecule has 0 radical (unpaired) electrons. The van der Waals surface area contributed by atoms with Crippen LogP contribution in [0.4, 0.5) is 0 Å². The molecule has 1 fully saturated rings. The highest BCUT2D eigenvalue weighted by atomic mass is 15.2. The molecule has 0 amide bonds. The molecule has 0 aliphatic carbocycles. The zero-order valence-electron chi connectivity index (χ0n) is 9.16. The zero-order valence-corrected chi connectivity index (χ0v) is 9.16. The van der Waals surface area contributed by atoms with Gasteiger partial charge in [0.1, 0.15) is 0 Å². The van der Waals surface area contributed by atoms with E-state index in [0.717, 1.165) is 19.1 Å². The minimum Gasteiger partial charge on any atom is -0.327 e. The van der Waals surface area contributed by atoms with Crippen LogP contribution >= 0.6 is 0 Å². The first kappa shape index (κ1) is 11.0. The topological polar surface area (TPSA) is 32.5 Å². The van der Waals surface area contributed by atoms with Crippen LogP contribution in [-0.2, 0) is 0 Å². The van der Waals surface area contributed by atoms with E-state index in [4.69, 9.17) is 5.73 Å². The van der Waals surface area contributed by atoms with Gasteiger partial charge in [0.05, 0.1) is 0 Å². The van der Waals surface area contributed by atoms with Gasteiger partial charge in [-0.2, -0.15) is 0 Å². The molecule has 1 aliphatic rings. The maximum Gasteiger partial charge on any atom is 0.0220 e. The van der Waals surface area contributed by atoms with E-state index in [-0.39, 0.29) is 6.04 Å². The number of likely N-dealkylation sites (N-methyl/N-ethyl adjacent to an activating group) is 2. The maximum atomic E-state index is 5.75. The molecule has 13 heavy (non-hydrogen) atoms. The lowest BCUT2D eigenvalue weighted by Gasteiger charge is -2.26. The third kappa shape index (κ3) is 3.63. The fraction of sp³-hybridized carbons (Fsp3) is 1.00. The molecule has 0 saturated carbocycles. The average molecular weight is 185 g/mol. The smallest absolute Gasteiger partial charge is 0.0220 e. The number of hydrogen-bond acceptors (Lipinski definition) is 3. The second-order valence-corrected chi connectivity index (χ2v) is 4.48. The van der Waals surface area contributed by atoms with Crippen LogP contribution in [0.15, 0.2) is 0 Å². The van der Waals surface area contributed by atoms with Gasteiger partial charge in [0.2, 0.25) is 0 Å². The van der Waals surface area contributed by atoms with E-state index in [0.29, 0.717) is 0 Å². The monoisotopic (exact) mass is 185 g/mol. The minimum atomic E-state index is 0.289. The Hall–Kier alpha value is -0.120. The number of nitrogens with zero attached hydrogens (tertiary/aromatic N) is 2. The summed E-state index contributed by atoms with van der Waals surface area (Å²) >= 11 is 0. The van der Waals surface area contributed by atoms with Gasteiger partial charge in [-0.25, -0.2) is 0 Å². The highest BCUT2D eigenvalue weighted by Crippen LogP contribution is 2.15. The molecule has 2 atom stereocenters. The van der Waals surface area contributed by atoms with Crippen molar-refractivity contribution in [3.63, 3.8) is 0 Å². The van der Waals surface area contributed by atoms with Crippen molar-refractivity contribution in [2.45, 2.75) is 31.8 Å². The van der Waals surface area contributed by atoms with Crippen molar-refractivity contribution in [2.75, 3.05) is 33.7 Å². The van der Waals surface area contributed by atoms with Gasteiger partial charge in [0.15, 0.2) is 0 Å². The van der Waals surface area contributed by atoms with Crippen LogP contribution in [0.2, 0.25) is 0 Å². The Labute approximate surface area is 81.9 Å². The van der Waals surface area contributed by atoms with Gasteiger partial charge in [0.25, 0.3) is 0 Å². The van der Waals surface area contributed by atoms with Crippen molar-refractivity contribution in [1.29, 1.82) is 0 Å². The van der Waals surface area contributed by atoms with E-state index >= 15 is 0 Å². The molecule has 1 saturated heterocycles. The van der Waals surface area contributed by atoms with E-state index in [9.17, 15) is 0 Å². The summed E-state index contributed by atoms with van der Waals surface area (Å²) in [7, 11) is 4.38. The second-order valence-electron chi connectivity index (χ2n) is 4.48. The molecule has 0 aromatic rings. The van der Waals surface area contributed by atoms with E-state index in [1.807, 2.05) is 0 Å². The molecule has 3 nitrogen and oxygen atoms in total. The Morgan fingerprint density at radius 1 is 1.62 bits per heavy atom. The SMILES string of the molecule is CC(N)CN(C)CC1CCCN1C. The quantitative estimate of drug-likeness (QED) is 0.686. The lowest BCUT2D eigenvalue weighted by atomic mass is 10.2. The Balaban J connectivity index is 2.22. The fourth-order valence-corrected chi connectivity index (χ4v) is 2.14. The van der Waals surface area contributed by atoms with Crippen LogP contribution in [0.1, 0.15) is 19.8 Å². The van der Waals surface area contributed by atoms with Crippen molar-refractivity contribution in [2.24, 2.45) is 5.73 Å². The standard InChI is InChI=1S/C10H23N3/c1-9(11)7-12(2)8-10-5-4-6-13(10)3/h9-10H,4-8,11H2,1-3H3. The highest BCUT2D eigenvalue weighted by molar-refractivity contribution is 4.79. The molecular weight excluding hydrogens is 162 g/mol. The maximum absolute atomic E-state index is 5.75. The lowest BCUT2D eigenvalue weighted by molar-refractivity contribution is 0.215. The lowest BCUT2D eigenvalue weighted by Crippen LogP contribution is -2.41. The van der Waals surface area contributed by atoms with Gasteiger partial charge in [-0.3, -0.25) is 0 Å². The van der Waals surface area contributed by atoms with Gasteiger partial charge < -0.3 is 15.5 Å². The Bertz CT molecular complexity index is 147. The molecule has 1 heterocycles. The largest absolute Gasteiger partial charge is 0.327 e. The molecule has 1 aliphatic heterocycles. The molecule has 1 rings (SSSR count). The number of rotatable bonds is 4. The second kappa shape index (κ2) is 4.94. The molecule has 2 N–H and O–H groups in total. The molecular formula is C10H23N3. The van der Waals surface area contributed by atoms with Crippen LogP contribution in [0.3, 0.4) is 0 Å². The Morgan fingerprint density at radius 2 is 2.31 bits per heavy atom. The zero-order chi connectivity index (χ0) is 9.84. The highest BCUT2D eigenvalue weighted by Gasteiger charge is 2.21. The third-order valence-corrected chi connectivity index (χ3v) is 2.79. The molecule has 0 spiro atoms. The minimum absolute atomic E-state index is 0.289. The van der Waals surface area contributed by atoms with E-state index in [1.165, 1.54) is 19.4 Å². The van der Waals surface area contributed by atoms with Crippen LogP contribution in [-0.4, -0.2) is 55.6 Å². The molecule has 2 unspecified atom stereocenters. The van der Waals surface area contributed by atoms with Crippen LogP contribution in [0.5, 0.6) is 0 Å². The Morgan fingerprint density at radius 3 is 2.77 bits per heavy atom. The summed E-state index contributed by atoms with van der Waals surface area (Å²) in [5.41, 5.74) is 5.75. The molecule has 0 bridgehead atoms. The van der Waals surface area contributed by atoms with Crippen molar-refractivity contribution in [3.8, 4) is 0 Å². The first-order valence-corrected chi connectivity index (χ1v) is 5.24. The summed E-state index contributed by atoms with van der Waals surface area (Å²) in [4.78, 5) is 4.80. The van der Waals surface area contributed by atoms with Crippen LogP contribution in [0, 0.1) is 0 Å². The van der Waals surface area contributed by atoms with E-state index in [2.05, 4.69) is 30.8 Å². The summed E-state index contributed by atoms with van der Waals surface area (Å²) in [5, 5.41) is 0. The third-order valence-electron chi connectivity index (χ3n) is 2.79. The predicted molar refractivity (Wildman–Crippen MR) is 56.8 cm³/mol. The average Bonchev–Trinajstić information content (AvgIpc) is 2.34. The van der Waals surface area contributed by atoms with Gasteiger partial charge in [-0.1, -0.05) is 0 Å². The molecule has 0 aromatic heterocycles. The molecule has 0 aromatic carbocycles. The van der Waals surface area contributed by atoms with E-state index in [1.54, 1.807) is 0 Å². The normalized spacial score (nSPS) is 27.0. The van der Waals surface area contributed by atoms with Gasteiger partial charge in [-0.15, -0.1) is 0 Å². The summed E-state index contributed by atoms with van der Waals surface area (Å²) in [6.45, 7) is 5.49. The van der Waals surface area contributed by atoms with E-state index < -0.39 is 0 Å². The summed E-state index contributed by atoms with van der Waals surface area (Å²) in [6.07, 6.45) is 2.70. The van der Waals surface area contributed by atoms with Crippen molar-refractivity contribution >= 4 is 0 Å². The van der Waals surface area contributed by atoms with Crippen molar-refractivity contribution in [3.05, 3.63) is 0 Å². The summed E-state index contributed by atoms with van der Waals surface area (Å²) < 4.78 is 0. The van der Waals surface area contributed by atoms with Crippen LogP contribution in [0.25, 0.3) is 0 Å². The van der Waals surface area contributed by atoms with Crippen molar-refractivity contribution in [1.82, 2.24) is 9.80 Å². The fourth-order valence-electron chi connectivity index (χ4n) is 2.14. The van der Waals surface area contributed by atoms with Crippen molar-refractivity contribution < 1.29 is 0 Å². The van der Waals surface area contributed by atoms with Crippen LogP contribution < -0.4 is 5.73 Å². The number of hydrogen-bond donors (Lipinski definition) is 1.